The van der Waals surface area contributed by atoms with Crippen LogP contribution in [-0.2, 0) is 16.0 Å². The molecule has 2 amide bonds. The van der Waals surface area contributed by atoms with E-state index in [4.69, 9.17) is 4.74 Å². The summed E-state index contributed by atoms with van der Waals surface area (Å²) in [7, 11) is 7.40. The van der Waals surface area contributed by atoms with E-state index >= 15 is 0 Å². The Morgan fingerprint density at radius 2 is 1.96 bits per heavy atom. The zero-order valence-corrected chi connectivity index (χ0v) is 16.9. The van der Waals surface area contributed by atoms with Gasteiger partial charge in [0.25, 0.3) is 0 Å². The quantitative estimate of drug-likeness (QED) is 0.805. The predicted molar refractivity (Wildman–Crippen MR) is 105 cm³/mol. The van der Waals surface area contributed by atoms with Gasteiger partial charge >= 0.3 is 0 Å². The van der Waals surface area contributed by atoms with E-state index in [2.05, 4.69) is 11.9 Å². The molecule has 0 N–H and O–H groups in total. The number of fused-ring (bicyclic) bond motifs is 1. The average Bonchev–Trinajstić information content (AvgIpc) is 2.86. The number of rotatable bonds is 4. The van der Waals surface area contributed by atoms with Crippen LogP contribution in [0.15, 0.2) is 24.3 Å². The van der Waals surface area contributed by atoms with Crippen molar-refractivity contribution in [3.8, 4) is 5.75 Å². The van der Waals surface area contributed by atoms with E-state index < -0.39 is 0 Å². The Balaban J connectivity index is 1.73. The minimum atomic E-state index is -0.358. The average molecular weight is 373 g/mol. The number of hydrogen-bond donors (Lipinski definition) is 0. The minimum absolute atomic E-state index is 0.123. The van der Waals surface area contributed by atoms with Gasteiger partial charge in [-0.25, -0.2) is 0 Å². The number of ether oxygens (including phenoxy) is 1. The lowest BCUT2D eigenvalue weighted by atomic mass is 9.75. The van der Waals surface area contributed by atoms with Crippen LogP contribution in [0.5, 0.6) is 5.75 Å². The molecule has 6 nitrogen and oxygen atoms in total. The molecule has 27 heavy (non-hydrogen) atoms. The van der Waals surface area contributed by atoms with Crippen LogP contribution in [0.3, 0.4) is 0 Å². The van der Waals surface area contributed by atoms with Crippen LogP contribution < -0.4 is 4.74 Å². The molecule has 0 aliphatic carbocycles. The number of methoxy groups -OCH3 is 1. The van der Waals surface area contributed by atoms with Crippen LogP contribution in [0.1, 0.15) is 24.8 Å². The highest BCUT2D eigenvalue weighted by atomic mass is 16.5. The van der Waals surface area contributed by atoms with Gasteiger partial charge in [0.1, 0.15) is 5.75 Å². The molecule has 0 aromatic heterocycles. The zero-order valence-electron chi connectivity index (χ0n) is 16.9. The fourth-order valence-electron chi connectivity index (χ4n) is 4.75. The lowest BCUT2D eigenvalue weighted by molar-refractivity contribution is -0.141. The Hall–Kier alpha value is -2.08. The smallest absolute Gasteiger partial charge is 0.229 e. The van der Waals surface area contributed by atoms with E-state index in [0.717, 1.165) is 37.1 Å². The maximum atomic E-state index is 13.0. The van der Waals surface area contributed by atoms with Gasteiger partial charge in [0.2, 0.25) is 11.8 Å². The van der Waals surface area contributed by atoms with E-state index in [1.54, 1.807) is 12.0 Å². The molecule has 2 fully saturated rings. The molecule has 1 aromatic carbocycles. The molecule has 0 unspecified atom stereocenters. The van der Waals surface area contributed by atoms with Gasteiger partial charge in [0.15, 0.2) is 0 Å². The molecule has 6 heteroatoms. The normalized spacial score (nSPS) is 25.6. The van der Waals surface area contributed by atoms with E-state index in [9.17, 15) is 9.59 Å². The van der Waals surface area contributed by atoms with Crippen molar-refractivity contribution in [3.63, 3.8) is 0 Å². The third-order valence-electron chi connectivity index (χ3n) is 6.26. The molecule has 3 rings (SSSR count). The van der Waals surface area contributed by atoms with Crippen molar-refractivity contribution in [2.24, 2.45) is 5.41 Å². The Bertz CT molecular complexity index is 706. The monoisotopic (exact) mass is 373 g/mol. The second-order valence-corrected chi connectivity index (χ2v) is 8.05. The first kappa shape index (κ1) is 19.7. The van der Waals surface area contributed by atoms with Crippen LogP contribution in [0.25, 0.3) is 0 Å². The van der Waals surface area contributed by atoms with Gasteiger partial charge in [-0.15, -0.1) is 0 Å². The maximum absolute atomic E-state index is 13.0. The predicted octanol–water partition coefficient (Wildman–Crippen LogP) is 1.64. The number of carbonyl (C=O) groups is 2. The number of nitrogens with zero attached hydrogens (tertiary/aromatic N) is 3. The van der Waals surface area contributed by atoms with Gasteiger partial charge in [-0.3, -0.25) is 9.59 Å². The van der Waals surface area contributed by atoms with Gasteiger partial charge < -0.3 is 19.4 Å². The Morgan fingerprint density at radius 3 is 2.67 bits per heavy atom. The summed E-state index contributed by atoms with van der Waals surface area (Å²) >= 11 is 0. The zero-order chi connectivity index (χ0) is 19.6. The fourth-order valence-corrected chi connectivity index (χ4v) is 4.75. The van der Waals surface area contributed by atoms with Crippen molar-refractivity contribution in [2.75, 3.05) is 47.9 Å². The highest BCUT2D eigenvalue weighted by Gasteiger charge is 2.53. The van der Waals surface area contributed by atoms with Gasteiger partial charge in [-0.05, 0) is 50.6 Å². The van der Waals surface area contributed by atoms with Crippen LogP contribution >= 0.6 is 0 Å². The lowest BCUT2D eigenvalue weighted by Gasteiger charge is -2.36. The topological polar surface area (TPSA) is 53.1 Å². The summed E-state index contributed by atoms with van der Waals surface area (Å²) in [6.07, 6.45) is 2.83. The fraction of sp³-hybridized carbons (Fsp3) is 0.619. The lowest BCUT2D eigenvalue weighted by Crippen LogP contribution is -2.48. The molecule has 2 saturated heterocycles. The highest BCUT2D eigenvalue weighted by Crippen LogP contribution is 2.44. The Labute approximate surface area is 162 Å². The largest absolute Gasteiger partial charge is 0.497 e. The number of benzene rings is 1. The van der Waals surface area contributed by atoms with Crippen molar-refractivity contribution in [3.05, 3.63) is 29.8 Å². The standard InChI is InChI=1S/C21H31N3O3/c1-22(2)20(26)21-9-12-23(3)18(21)8-11-24(13-10-21)19(25)15-16-6-5-7-17(14-16)27-4/h5-7,14,18H,8-13,15H2,1-4H3/t18-,21+/m0/s1. The number of likely N-dealkylation sites (tertiary alicyclic amines) is 2. The molecule has 0 saturated carbocycles. The van der Waals surface area contributed by atoms with E-state index in [1.807, 2.05) is 43.3 Å². The number of carbonyl (C=O) groups excluding carboxylic acids is 2. The van der Waals surface area contributed by atoms with Crippen molar-refractivity contribution in [1.82, 2.24) is 14.7 Å². The summed E-state index contributed by atoms with van der Waals surface area (Å²) in [6, 6.07) is 7.87. The van der Waals surface area contributed by atoms with Crippen LogP contribution in [-0.4, -0.2) is 80.4 Å². The molecule has 2 aliphatic heterocycles. The second kappa shape index (κ2) is 7.89. The van der Waals surface area contributed by atoms with Gasteiger partial charge in [0.05, 0.1) is 18.9 Å². The molecule has 2 heterocycles. The third kappa shape index (κ3) is 3.81. The summed E-state index contributed by atoms with van der Waals surface area (Å²) in [5.74, 6) is 1.10. The number of hydrogen-bond acceptors (Lipinski definition) is 4. The first-order chi connectivity index (χ1) is 12.9. The first-order valence-electron chi connectivity index (χ1n) is 9.70. The number of amides is 2. The van der Waals surface area contributed by atoms with Crippen LogP contribution in [0.4, 0.5) is 0 Å². The SMILES string of the molecule is COc1cccc(CC(=O)N2CC[C@@H]3N(C)CC[C@@]3(C(=O)N(C)C)CC2)c1. The molecular formula is C21H31N3O3. The molecule has 2 aliphatic rings. The highest BCUT2D eigenvalue weighted by molar-refractivity contribution is 5.84. The summed E-state index contributed by atoms with van der Waals surface area (Å²) < 4.78 is 5.25. The van der Waals surface area contributed by atoms with Crippen molar-refractivity contribution >= 4 is 11.8 Å². The van der Waals surface area contributed by atoms with Crippen molar-refractivity contribution in [1.29, 1.82) is 0 Å². The van der Waals surface area contributed by atoms with Crippen LogP contribution in [0, 0.1) is 5.41 Å². The molecule has 1 aromatic rings. The molecule has 0 spiro atoms. The van der Waals surface area contributed by atoms with Crippen molar-refractivity contribution < 1.29 is 14.3 Å². The third-order valence-corrected chi connectivity index (χ3v) is 6.26. The minimum Gasteiger partial charge on any atom is -0.497 e. The Morgan fingerprint density at radius 1 is 1.22 bits per heavy atom. The van der Waals surface area contributed by atoms with Gasteiger partial charge in [-0.2, -0.15) is 0 Å². The molecule has 2 atom stereocenters. The summed E-state index contributed by atoms with van der Waals surface area (Å²) in [4.78, 5) is 31.9. The molecule has 0 bridgehead atoms. The van der Waals surface area contributed by atoms with Crippen LogP contribution in [0.2, 0.25) is 0 Å². The van der Waals surface area contributed by atoms with Gasteiger partial charge in [0, 0.05) is 33.2 Å². The molecular weight excluding hydrogens is 342 g/mol. The first-order valence-corrected chi connectivity index (χ1v) is 9.70. The summed E-state index contributed by atoms with van der Waals surface area (Å²) in [5.41, 5.74) is 0.600. The van der Waals surface area contributed by atoms with Gasteiger partial charge in [-0.1, -0.05) is 12.1 Å². The molecule has 148 valence electrons. The summed E-state index contributed by atoms with van der Waals surface area (Å²) in [6.45, 7) is 2.30. The van der Waals surface area contributed by atoms with E-state index in [0.29, 0.717) is 19.5 Å². The second-order valence-electron chi connectivity index (χ2n) is 8.05. The Kier molecular flexibility index (Phi) is 5.75. The van der Waals surface area contributed by atoms with Crippen molar-refractivity contribution in [2.45, 2.75) is 31.7 Å². The molecule has 0 radical (unpaired) electrons. The maximum Gasteiger partial charge on any atom is 0.229 e. The van der Waals surface area contributed by atoms with E-state index in [-0.39, 0.29) is 23.3 Å². The summed E-state index contributed by atoms with van der Waals surface area (Å²) in [5, 5.41) is 0. The van der Waals surface area contributed by atoms with E-state index in [1.165, 1.54) is 0 Å².